The summed E-state index contributed by atoms with van der Waals surface area (Å²) in [5, 5.41) is 0. The molecule has 14 heteroatoms. The van der Waals surface area contributed by atoms with E-state index >= 15 is 0 Å². The van der Waals surface area contributed by atoms with Crippen LogP contribution in [0.3, 0.4) is 0 Å². The molecule has 0 heterocycles. The van der Waals surface area contributed by atoms with Gasteiger partial charge in [-0.3, -0.25) is 0 Å². The second-order valence-corrected chi connectivity index (χ2v) is 6.99. The SMILES string of the molecule is O=S(=O)(c1ccc(C(F)(F)F)c(C(F)(F)F)c1)c1c(F)c(F)c(F)c(F)c1F. The van der Waals surface area contributed by atoms with Gasteiger partial charge < -0.3 is 0 Å². The Kier molecular flexibility index (Phi) is 5.17. The van der Waals surface area contributed by atoms with Gasteiger partial charge in [0.1, 0.15) is 4.90 Å². The summed E-state index contributed by atoms with van der Waals surface area (Å²) in [6.07, 6.45) is -11.3. The van der Waals surface area contributed by atoms with Crippen LogP contribution in [-0.4, -0.2) is 8.42 Å². The Balaban J connectivity index is 2.87. The van der Waals surface area contributed by atoms with Gasteiger partial charge in [-0.1, -0.05) is 0 Å². The third kappa shape index (κ3) is 3.52. The highest BCUT2D eigenvalue weighted by Gasteiger charge is 2.44. The molecule has 2 aromatic rings. The normalized spacial score (nSPS) is 13.1. The highest BCUT2D eigenvalue weighted by Crippen LogP contribution is 2.42. The van der Waals surface area contributed by atoms with E-state index in [-0.39, 0.29) is 12.1 Å². The summed E-state index contributed by atoms with van der Waals surface area (Å²) in [7, 11) is -5.87. The lowest BCUT2D eigenvalue weighted by molar-refractivity contribution is -0.162. The Labute approximate surface area is 148 Å². The first kappa shape index (κ1) is 21.9. The van der Waals surface area contributed by atoms with Gasteiger partial charge in [0.25, 0.3) is 0 Å². The molecular weight excluding hydrogens is 441 g/mol. The van der Waals surface area contributed by atoms with Gasteiger partial charge in [0.05, 0.1) is 16.0 Å². The van der Waals surface area contributed by atoms with Gasteiger partial charge >= 0.3 is 12.4 Å². The Morgan fingerprint density at radius 3 is 1.39 bits per heavy atom. The fourth-order valence-corrected chi connectivity index (χ4v) is 3.52. The molecule has 0 fully saturated rings. The van der Waals surface area contributed by atoms with Crippen LogP contribution >= 0.6 is 0 Å². The Hall–Kier alpha value is -2.38. The van der Waals surface area contributed by atoms with E-state index in [9.17, 15) is 56.7 Å². The lowest BCUT2D eigenvalue weighted by atomic mass is 10.1. The van der Waals surface area contributed by atoms with Crippen LogP contribution in [0.25, 0.3) is 0 Å². The predicted molar refractivity (Wildman–Crippen MR) is 68.1 cm³/mol. The van der Waals surface area contributed by atoms with E-state index in [1.54, 1.807) is 0 Å². The molecule has 0 saturated carbocycles. The zero-order valence-corrected chi connectivity index (χ0v) is 13.4. The lowest BCUT2D eigenvalue weighted by Gasteiger charge is -2.17. The first-order chi connectivity index (χ1) is 12.5. The van der Waals surface area contributed by atoms with E-state index in [4.69, 9.17) is 0 Å². The van der Waals surface area contributed by atoms with Gasteiger partial charge in [0.2, 0.25) is 15.7 Å². The lowest BCUT2D eigenvalue weighted by Crippen LogP contribution is -2.19. The number of rotatable bonds is 2. The summed E-state index contributed by atoms with van der Waals surface area (Å²) < 4.78 is 168. The molecule has 0 saturated heterocycles. The highest BCUT2D eigenvalue weighted by atomic mass is 32.2. The molecule has 0 unspecified atom stereocenters. The minimum absolute atomic E-state index is 0.106. The molecule has 0 spiro atoms. The van der Waals surface area contributed by atoms with Gasteiger partial charge in [-0.15, -0.1) is 0 Å². The van der Waals surface area contributed by atoms with E-state index in [1.807, 2.05) is 0 Å². The largest absolute Gasteiger partial charge is 0.417 e. The standard InChI is InChI=1S/C14H3F11O2S/c15-7-8(16)10(18)12(11(19)9(7)17)28(26,27)4-1-2-5(13(20,21)22)6(3-4)14(23,24)25/h1-3H. The van der Waals surface area contributed by atoms with Crippen LogP contribution in [0.4, 0.5) is 48.3 Å². The van der Waals surface area contributed by atoms with Crippen molar-refractivity contribution in [1.29, 1.82) is 0 Å². The number of sulfone groups is 1. The molecule has 0 radical (unpaired) electrons. The molecule has 28 heavy (non-hydrogen) atoms. The molecule has 0 N–H and O–H groups in total. The maximum Gasteiger partial charge on any atom is 0.417 e. The molecule has 2 aromatic carbocycles. The molecule has 0 atom stereocenters. The van der Waals surface area contributed by atoms with Crippen molar-refractivity contribution in [3.8, 4) is 0 Å². The van der Waals surface area contributed by atoms with E-state index in [2.05, 4.69) is 0 Å². The van der Waals surface area contributed by atoms with Crippen molar-refractivity contribution in [2.75, 3.05) is 0 Å². The van der Waals surface area contributed by atoms with Crippen molar-refractivity contribution in [3.05, 3.63) is 58.4 Å². The van der Waals surface area contributed by atoms with Gasteiger partial charge in [0, 0.05) is 0 Å². The Morgan fingerprint density at radius 1 is 0.607 bits per heavy atom. The summed E-state index contributed by atoms with van der Waals surface area (Å²) in [6.45, 7) is 0. The van der Waals surface area contributed by atoms with Gasteiger partial charge in [0.15, 0.2) is 23.3 Å². The smallest absolute Gasteiger partial charge is 0.218 e. The fraction of sp³-hybridized carbons (Fsp3) is 0.143. The first-order valence-electron chi connectivity index (χ1n) is 6.56. The summed E-state index contributed by atoms with van der Waals surface area (Å²) in [6, 6.07) is -1.07. The molecule has 0 bridgehead atoms. The predicted octanol–water partition coefficient (Wildman–Crippen LogP) is 5.25. The molecule has 0 aliphatic carbocycles. The van der Waals surface area contributed by atoms with Crippen molar-refractivity contribution in [2.45, 2.75) is 22.1 Å². The molecule has 2 nitrogen and oxygen atoms in total. The van der Waals surface area contributed by atoms with E-state index in [0.717, 1.165) is 0 Å². The summed E-state index contributed by atoms with van der Waals surface area (Å²) >= 11 is 0. The van der Waals surface area contributed by atoms with Crippen LogP contribution in [0, 0.1) is 29.1 Å². The van der Waals surface area contributed by atoms with Gasteiger partial charge in [-0.2, -0.15) is 26.3 Å². The molecule has 0 amide bonds. The topological polar surface area (TPSA) is 34.1 Å². The quantitative estimate of drug-likeness (QED) is 0.275. The van der Waals surface area contributed by atoms with Crippen molar-refractivity contribution in [2.24, 2.45) is 0 Å². The van der Waals surface area contributed by atoms with Gasteiger partial charge in [-0.25, -0.2) is 30.4 Å². The summed E-state index contributed by atoms with van der Waals surface area (Å²) in [5.41, 5.74) is -4.86. The molecule has 2 rings (SSSR count). The number of alkyl halides is 6. The van der Waals surface area contributed by atoms with E-state index < -0.39 is 78.3 Å². The number of hydrogen-bond acceptors (Lipinski definition) is 2. The number of halogens is 11. The van der Waals surface area contributed by atoms with Crippen LogP contribution in [0.2, 0.25) is 0 Å². The zero-order valence-electron chi connectivity index (χ0n) is 12.6. The van der Waals surface area contributed by atoms with Crippen LogP contribution in [0.5, 0.6) is 0 Å². The third-order valence-corrected chi connectivity index (χ3v) is 5.12. The summed E-state index contributed by atoms with van der Waals surface area (Å²) in [4.78, 5) is -4.27. The number of benzene rings is 2. The first-order valence-corrected chi connectivity index (χ1v) is 8.04. The van der Waals surface area contributed by atoms with Crippen LogP contribution in [-0.2, 0) is 22.2 Å². The van der Waals surface area contributed by atoms with Crippen LogP contribution in [0.1, 0.15) is 11.1 Å². The molecule has 154 valence electrons. The zero-order chi connectivity index (χ0) is 21.8. The minimum Gasteiger partial charge on any atom is -0.218 e. The van der Waals surface area contributed by atoms with E-state index in [1.165, 1.54) is 0 Å². The van der Waals surface area contributed by atoms with Crippen LogP contribution < -0.4 is 0 Å². The molecule has 0 aliphatic rings. The average molecular weight is 444 g/mol. The van der Waals surface area contributed by atoms with E-state index in [0.29, 0.717) is 0 Å². The fourth-order valence-electron chi connectivity index (χ4n) is 2.11. The monoisotopic (exact) mass is 444 g/mol. The Bertz CT molecular complexity index is 1020. The van der Waals surface area contributed by atoms with Crippen molar-refractivity contribution in [3.63, 3.8) is 0 Å². The van der Waals surface area contributed by atoms with Crippen molar-refractivity contribution < 1.29 is 56.7 Å². The summed E-state index contributed by atoms with van der Waals surface area (Å²) in [5.74, 6) is -13.9. The highest BCUT2D eigenvalue weighted by molar-refractivity contribution is 7.91. The second-order valence-electron chi connectivity index (χ2n) is 5.11. The molecule has 0 aliphatic heterocycles. The van der Waals surface area contributed by atoms with Gasteiger partial charge in [-0.05, 0) is 18.2 Å². The number of hydrogen-bond donors (Lipinski definition) is 0. The van der Waals surface area contributed by atoms with Crippen molar-refractivity contribution in [1.82, 2.24) is 0 Å². The maximum atomic E-state index is 13.7. The Morgan fingerprint density at radius 2 is 1.00 bits per heavy atom. The molecule has 0 aromatic heterocycles. The maximum absolute atomic E-state index is 13.7. The molecular formula is C14H3F11O2S. The second kappa shape index (κ2) is 6.60. The van der Waals surface area contributed by atoms with Crippen molar-refractivity contribution >= 4 is 9.84 Å². The third-order valence-electron chi connectivity index (χ3n) is 3.35. The minimum atomic E-state index is -5.87. The average Bonchev–Trinajstić information content (AvgIpc) is 2.56. The van der Waals surface area contributed by atoms with Crippen LogP contribution in [0.15, 0.2) is 28.0 Å².